The first-order chi connectivity index (χ1) is 8.11. The third kappa shape index (κ3) is 2.15. The molecule has 1 aliphatic carbocycles. The van der Waals surface area contributed by atoms with Crippen LogP contribution in [0, 0.1) is 0 Å². The van der Waals surface area contributed by atoms with Crippen LogP contribution in [0.25, 0.3) is 5.57 Å². The van der Waals surface area contributed by atoms with Crippen LogP contribution in [0.4, 0.5) is 0 Å². The Kier molecular flexibility index (Phi) is 3.12. The Labute approximate surface area is 99.7 Å². The Morgan fingerprint density at radius 3 is 2.29 bits per heavy atom. The molecule has 0 fully saturated rings. The lowest BCUT2D eigenvalue weighted by atomic mass is 9.96. The molecule has 0 aromatic heterocycles. The van der Waals surface area contributed by atoms with Crippen molar-refractivity contribution in [1.29, 1.82) is 0 Å². The average molecular weight is 250 g/mol. The van der Waals surface area contributed by atoms with E-state index in [2.05, 4.69) is 0 Å². The molecule has 0 heterocycles. The maximum atomic E-state index is 10.8. The molecule has 1 atom stereocenters. The largest absolute Gasteiger partial charge is 0.508 e. The molecule has 17 heavy (non-hydrogen) atoms. The van der Waals surface area contributed by atoms with E-state index in [4.69, 9.17) is 0 Å². The number of allylic oxidation sites excluding steroid dienone is 2. The van der Waals surface area contributed by atoms with Crippen molar-refractivity contribution >= 4 is 20.7 Å². The Morgan fingerprint density at radius 2 is 1.71 bits per heavy atom. The predicted molar refractivity (Wildman–Crippen MR) is 65.1 cm³/mol. The van der Waals surface area contributed by atoms with Gasteiger partial charge in [0.2, 0.25) is 10.3 Å². The van der Waals surface area contributed by atoms with Crippen molar-refractivity contribution in [1.82, 2.24) is 0 Å². The van der Waals surface area contributed by atoms with E-state index in [0.29, 0.717) is 5.57 Å². The van der Waals surface area contributed by atoms with Crippen molar-refractivity contribution < 1.29 is 18.6 Å². The van der Waals surface area contributed by atoms with Crippen LogP contribution in [0.2, 0.25) is 0 Å². The zero-order chi connectivity index (χ0) is 12.4. The summed E-state index contributed by atoms with van der Waals surface area (Å²) in [7, 11) is -2.54. The van der Waals surface area contributed by atoms with Crippen molar-refractivity contribution in [3.63, 3.8) is 0 Å². The molecule has 0 saturated heterocycles. The number of aliphatic hydroxyl groups is 2. The molecule has 2 rings (SSSR count). The number of aliphatic hydroxyl groups excluding tert-OH is 2. The SMILES string of the molecule is O=S(=O)=C1C=CC(c2ccccc2)=C(O)C1O. The van der Waals surface area contributed by atoms with Gasteiger partial charge in [0.15, 0.2) is 6.10 Å². The Balaban J connectivity index is 2.54. The molecule has 1 aromatic carbocycles. The average Bonchev–Trinajstić information content (AvgIpc) is 2.33. The normalized spacial score (nSPS) is 19.6. The number of rotatable bonds is 1. The molecule has 88 valence electrons. The van der Waals surface area contributed by atoms with Gasteiger partial charge >= 0.3 is 0 Å². The van der Waals surface area contributed by atoms with Gasteiger partial charge in [-0.2, -0.15) is 8.42 Å². The van der Waals surface area contributed by atoms with Gasteiger partial charge in [0.05, 0.1) is 0 Å². The lowest BCUT2D eigenvalue weighted by Gasteiger charge is -2.16. The fourth-order valence-corrected chi connectivity index (χ4v) is 2.11. The lowest BCUT2D eigenvalue weighted by Crippen LogP contribution is -2.25. The van der Waals surface area contributed by atoms with Gasteiger partial charge in [-0.25, -0.2) is 0 Å². The summed E-state index contributed by atoms with van der Waals surface area (Å²) in [6.45, 7) is 0. The molecular formula is C12H10O4S. The summed E-state index contributed by atoms with van der Waals surface area (Å²) in [5.74, 6) is -0.349. The molecule has 0 amide bonds. The summed E-state index contributed by atoms with van der Waals surface area (Å²) >= 11 is 0. The van der Waals surface area contributed by atoms with E-state index >= 15 is 0 Å². The van der Waals surface area contributed by atoms with E-state index in [-0.39, 0.29) is 10.6 Å². The van der Waals surface area contributed by atoms with Gasteiger partial charge < -0.3 is 10.2 Å². The van der Waals surface area contributed by atoms with Gasteiger partial charge in [0, 0.05) is 5.57 Å². The third-order valence-corrected chi connectivity index (χ3v) is 3.24. The van der Waals surface area contributed by atoms with Crippen LogP contribution in [0.5, 0.6) is 0 Å². The van der Waals surface area contributed by atoms with Crippen molar-refractivity contribution in [2.24, 2.45) is 0 Å². The van der Waals surface area contributed by atoms with Crippen LogP contribution in [0.1, 0.15) is 5.56 Å². The summed E-state index contributed by atoms with van der Waals surface area (Å²) in [5, 5.41) is 19.4. The lowest BCUT2D eigenvalue weighted by molar-refractivity contribution is 0.211. The zero-order valence-electron chi connectivity index (χ0n) is 8.74. The van der Waals surface area contributed by atoms with Gasteiger partial charge in [-0.05, 0) is 17.7 Å². The molecule has 0 saturated carbocycles. The fraction of sp³-hybridized carbons (Fsp3) is 0.0833. The summed E-state index contributed by atoms with van der Waals surface area (Å²) in [4.78, 5) is -0.234. The summed E-state index contributed by atoms with van der Waals surface area (Å²) in [6.07, 6.45) is 1.27. The minimum Gasteiger partial charge on any atom is -0.508 e. The van der Waals surface area contributed by atoms with E-state index in [1.807, 2.05) is 6.07 Å². The van der Waals surface area contributed by atoms with E-state index < -0.39 is 16.4 Å². The quantitative estimate of drug-likeness (QED) is 0.727. The number of hydrogen-bond acceptors (Lipinski definition) is 4. The molecule has 2 N–H and O–H groups in total. The Morgan fingerprint density at radius 1 is 1.06 bits per heavy atom. The molecule has 5 heteroatoms. The Bertz CT molecular complexity index is 616. The van der Waals surface area contributed by atoms with Gasteiger partial charge in [0.25, 0.3) is 0 Å². The highest BCUT2D eigenvalue weighted by Gasteiger charge is 2.24. The van der Waals surface area contributed by atoms with Crippen LogP contribution in [0.15, 0.2) is 48.2 Å². The molecule has 4 nitrogen and oxygen atoms in total. The van der Waals surface area contributed by atoms with E-state index in [1.54, 1.807) is 24.3 Å². The highest BCUT2D eigenvalue weighted by molar-refractivity contribution is 7.73. The highest BCUT2D eigenvalue weighted by atomic mass is 32.2. The van der Waals surface area contributed by atoms with Crippen molar-refractivity contribution in [3.05, 3.63) is 53.8 Å². The molecule has 1 aliphatic rings. The van der Waals surface area contributed by atoms with Crippen molar-refractivity contribution in [2.75, 3.05) is 0 Å². The van der Waals surface area contributed by atoms with Gasteiger partial charge in [-0.15, -0.1) is 0 Å². The topological polar surface area (TPSA) is 74.6 Å². The predicted octanol–water partition coefficient (Wildman–Crippen LogP) is 0.938. The second-order valence-electron chi connectivity index (χ2n) is 3.54. The molecule has 0 radical (unpaired) electrons. The monoisotopic (exact) mass is 250 g/mol. The molecule has 1 aromatic rings. The van der Waals surface area contributed by atoms with Crippen molar-refractivity contribution in [3.8, 4) is 0 Å². The molecule has 0 spiro atoms. The van der Waals surface area contributed by atoms with Crippen LogP contribution in [-0.2, 0) is 10.3 Å². The van der Waals surface area contributed by atoms with Crippen molar-refractivity contribution in [2.45, 2.75) is 6.10 Å². The number of benzene rings is 1. The first-order valence-corrected chi connectivity index (χ1v) is 5.99. The summed E-state index contributed by atoms with van der Waals surface area (Å²) in [6, 6.07) is 8.94. The molecule has 1 unspecified atom stereocenters. The van der Waals surface area contributed by atoms with Crippen LogP contribution in [-0.4, -0.2) is 29.6 Å². The van der Waals surface area contributed by atoms with E-state index in [9.17, 15) is 18.6 Å². The fourth-order valence-electron chi connectivity index (χ4n) is 1.63. The van der Waals surface area contributed by atoms with Crippen LogP contribution >= 0.6 is 0 Å². The maximum Gasteiger partial charge on any atom is 0.220 e. The Hall–Kier alpha value is -1.85. The third-order valence-electron chi connectivity index (χ3n) is 2.50. The molecular weight excluding hydrogens is 240 g/mol. The second-order valence-corrected chi connectivity index (χ2v) is 4.48. The van der Waals surface area contributed by atoms with Gasteiger partial charge in [-0.3, -0.25) is 0 Å². The zero-order valence-corrected chi connectivity index (χ0v) is 9.55. The van der Waals surface area contributed by atoms with E-state index in [1.165, 1.54) is 12.2 Å². The standard InChI is InChI=1S/C12H10O4S/c13-11-9(8-4-2-1-3-5-8)6-7-10(12(11)14)17(15)16/h1-7,12-14H. The van der Waals surface area contributed by atoms with Gasteiger partial charge in [-0.1, -0.05) is 30.3 Å². The second kappa shape index (κ2) is 4.57. The maximum absolute atomic E-state index is 10.8. The smallest absolute Gasteiger partial charge is 0.220 e. The first kappa shape index (κ1) is 11.6. The minimum absolute atomic E-state index is 0.234. The number of hydrogen-bond donors (Lipinski definition) is 2. The molecule has 0 bridgehead atoms. The summed E-state index contributed by atoms with van der Waals surface area (Å²) < 4.78 is 21.5. The minimum atomic E-state index is -2.54. The van der Waals surface area contributed by atoms with Crippen LogP contribution < -0.4 is 0 Å². The molecule has 0 aliphatic heterocycles. The van der Waals surface area contributed by atoms with Crippen LogP contribution in [0.3, 0.4) is 0 Å². The van der Waals surface area contributed by atoms with Gasteiger partial charge in [0.1, 0.15) is 10.6 Å². The summed E-state index contributed by atoms with van der Waals surface area (Å²) in [5.41, 5.74) is 1.14. The van der Waals surface area contributed by atoms with E-state index in [0.717, 1.165) is 5.56 Å². The highest BCUT2D eigenvalue weighted by Crippen LogP contribution is 2.24. The first-order valence-electron chi connectivity index (χ1n) is 4.92.